The third-order valence-corrected chi connectivity index (χ3v) is 3.83. The molecular formula is C13H19N5O. The molecule has 0 bridgehead atoms. The number of nitrogens with zero attached hydrogens (tertiary/aromatic N) is 4. The van der Waals surface area contributed by atoms with Gasteiger partial charge in [0.1, 0.15) is 0 Å². The van der Waals surface area contributed by atoms with Crippen molar-refractivity contribution < 1.29 is 4.52 Å². The van der Waals surface area contributed by atoms with E-state index in [1.54, 1.807) is 0 Å². The second-order valence-corrected chi connectivity index (χ2v) is 5.17. The first-order chi connectivity index (χ1) is 9.16. The Morgan fingerprint density at radius 1 is 1.37 bits per heavy atom. The zero-order valence-corrected chi connectivity index (χ0v) is 11.6. The van der Waals surface area contributed by atoms with E-state index in [1.165, 1.54) is 6.42 Å². The molecule has 1 fully saturated rings. The quantitative estimate of drug-likeness (QED) is 0.888. The van der Waals surface area contributed by atoms with Gasteiger partial charge in [-0.3, -0.25) is 4.68 Å². The van der Waals surface area contributed by atoms with E-state index in [0.717, 1.165) is 42.3 Å². The Kier molecular flexibility index (Phi) is 3.10. The van der Waals surface area contributed by atoms with Crippen LogP contribution in [0.3, 0.4) is 0 Å². The van der Waals surface area contributed by atoms with Crippen molar-refractivity contribution in [2.75, 3.05) is 13.1 Å². The molecule has 0 aliphatic carbocycles. The third kappa shape index (κ3) is 2.16. The Labute approximate surface area is 112 Å². The van der Waals surface area contributed by atoms with Crippen molar-refractivity contribution in [1.29, 1.82) is 0 Å². The molecular weight excluding hydrogens is 242 g/mol. The van der Waals surface area contributed by atoms with E-state index in [0.29, 0.717) is 11.8 Å². The summed E-state index contributed by atoms with van der Waals surface area (Å²) < 4.78 is 7.28. The molecule has 6 heteroatoms. The highest BCUT2D eigenvalue weighted by Gasteiger charge is 2.23. The first-order valence-corrected chi connectivity index (χ1v) is 6.71. The highest BCUT2D eigenvalue weighted by molar-refractivity contribution is 5.59. The van der Waals surface area contributed by atoms with E-state index >= 15 is 0 Å². The molecule has 1 aliphatic rings. The summed E-state index contributed by atoms with van der Waals surface area (Å²) in [6.45, 7) is 6.00. The van der Waals surface area contributed by atoms with Crippen LogP contribution in [0.2, 0.25) is 0 Å². The zero-order chi connectivity index (χ0) is 13.4. The molecule has 3 heterocycles. The fourth-order valence-corrected chi connectivity index (χ4v) is 2.66. The van der Waals surface area contributed by atoms with Gasteiger partial charge in [0.25, 0.3) is 5.89 Å². The van der Waals surface area contributed by atoms with Crippen molar-refractivity contribution in [2.45, 2.75) is 32.6 Å². The Bertz CT molecular complexity index is 580. The summed E-state index contributed by atoms with van der Waals surface area (Å²) in [6, 6.07) is 0. The molecule has 0 saturated carbocycles. The number of nitrogens with one attached hydrogen (secondary N) is 1. The van der Waals surface area contributed by atoms with Gasteiger partial charge in [-0.05, 0) is 33.2 Å². The van der Waals surface area contributed by atoms with E-state index in [2.05, 4.69) is 20.6 Å². The molecule has 2 aromatic heterocycles. The fraction of sp³-hybridized carbons (Fsp3) is 0.615. The molecule has 1 saturated heterocycles. The lowest BCUT2D eigenvalue weighted by atomic mass is 9.99. The summed E-state index contributed by atoms with van der Waals surface area (Å²) >= 11 is 0. The number of aromatic nitrogens is 4. The standard InChI is InChI=1S/C13H19N5O/c1-8-11(9(2)18(3)16-8)13-15-12(17-19-13)10-5-4-6-14-7-10/h10,14H,4-7H2,1-3H3. The van der Waals surface area contributed by atoms with Crippen LogP contribution < -0.4 is 5.32 Å². The van der Waals surface area contributed by atoms with Gasteiger partial charge in [0.15, 0.2) is 5.82 Å². The lowest BCUT2D eigenvalue weighted by Crippen LogP contribution is -2.28. The highest BCUT2D eigenvalue weighted by Crippen LogP contribution is 2.27. The zero-order valence-electron chi connectivity index (χ0n) is 11.6. The topological polar surface area (TPSA) is 68.8 Å². The third-order valence-electron chi connectivity index (χ3n) is 3.83. The Hall–Kier alpha value is -1.69. The first kappa shape index (κ1) is 12.3. The predicted octanol–water partition coefficient (Wildman–Crippen LogP) is 1.55. The van der Waals surface area contributed by atoms with Gasteiger partial charge >= 0.3 is 0 Å². The van der Waals surface area contributed by atoms with Gasteiger partial charge in [-0.1, -0.05) is 5.16 Å². The molecule has 2 aromatic rings. The largest absolute Gasteiger partial charge is 0.334 e. The summed E-state index contributed by atoms with van der Waals surface area (Å²) in [5, 5.41) is 11.9. The Balaban J connectivity index is 1.92. The van der Waals surface area contributed by atoms with Gasteiger partial charge in [0.2, 0.25) is 0 Å². The molecule has 0 radical (unpaired) electrons. The van der Waals surface area contributed by atoms with Crippen LogP contribution in [-0.2, 0) is 7.05 Å². The average molecular weight is 261 g/mol. The highest BCUT2D eigenvalue weighted by atomic mass is 16.5. The molecule has 0 aromatic carbocycles. The van der Waals surface area contributed by atoms with Crippen molar-refractivity contribution >= 4 is 0 Å². The molecule has 3 rings (SSSR count). The van der Waals surface area contributed by atoms with Crippen LogP contribution in [0.5, 0.6) is 0 Å². The Morgan fingerprint density at radius 2 is 2.21 bits per heavy atom. The van der Waals surface area contributed by atoms with Gasteiger partial charge in [-0.25, -0.2) is 0 Å². The van der Waals surface area contributed by atoms with Gasteiger partial charge < -0.3 is 9.84 Å². The van der Waals surface area contributed by atoms with Crippen LogP contribution in [0.1, 0.15) is 36.0 Å². The lowest BCUT2D eigenvalue weighted by molar-refractivity contribution is 0.393. The van der Waals surface area contributed by atoms with E-state index in [9.17, 15) is 0 Å². The maximum atomic E-state index is 5.44. The molecule has 0 spiro atoms. The summed E-state index contributed by atoms with van der Waals surface area (Å²) in [5.41, 5.74) is 2.94. The SMILES string of the molecule is Cc1nn(C)c(C)c1-c1nc(C2CCCNC2)no1. The molecule has 1 aliphatic heterocycles. The maximum Gasteiger partial charge on any atom is 0.261 e. The predicted molar refractivity (Wildman–Crippen MR) is 70.8 cm³/mol. The second kappa shape index (κ2) is 4.77. The summed E-state index contributed by atoms with van der Waals surface area (Å²) in [5.74, 6) is 1.76. The number of rotatable bonds is 2. The monoisotopic (exact) mass is 261 g/mol. The van der Waals surface area contributed by atoms with Crippen LogP contribution in [0.4, 0.5) is 0 Å². The first-order valence-electron chi connectivity index (χ1n) is 6.71. The molecule has 1 unspecified atom stereocenters. The van der Waals surface area contributed by atoms with E-state index in [4.69, 9.17) is 4.52 Å². The summed E-state index contributed by atoms with van der Waals surface area (Å²) in [7, 11) is 1.92. The van der Waals surface area contributed by atoms with E-state index in [1.807, 2.05) is 25.6 Å². The summed E-state index contributed by atoms with van der Waals surface area (Å²) in [4.78, 5) is 4.57. The second-order valence-electron chi connectivity index (χ2n) is 5.17. The minimum atomic E-state index is 0.364. The Morgan fingerprint density at radius 3 is 2.84 bits per heavy atom. The lowest BCUT2D eigenvalue weighted by Gasteiger charge is -2.19. The molecule has 1 N–H and O–H groups in total. The molecule has 102 valence electrons. The van der Waals surface area contributed by atoms with Crippen molar-refractivity contribution in [3.8, 4) is 11.5 Å². The van der Waals surface area contributed by atoms with Crippen LogP contribution in [0.15, 0.2) is 4.52 Å². The van der Waals surface area contributed by atoms with Crippen molar-refractivity contribution in [1.82, 2.24) is 25.2 Å². The van der Waals surface area contributed by atoms with Gasteiger partial charge in [0.05, 0.1) is 11.3 Å². The molecule has 6 nitrogen and oxygen atoms in total. The minimum Gasteiger partial charge on any atom is -0.334 e. The smallest absolute Gasteiger partial charge is 0.261 e. The van der Waals surface area contributed by atoms with Crippen LogP contribution in [0.25, 0.3) is 11.5 Å². The van der Waals surface area contributed by atoms with Gasteiger partial charge in [0, 0.05) is 25.2 Å². The fourth-order valence-electron chi connectivity index (χ4n) is 2.66. The summed E-state index contributed by atoms with van der Waals surface area (Å²) in [6.07, 6.45) is 2.29. The average Bonchev–Trinajstić information content (AvgIpc) is 2.97. The number of hydrogen-bond donors (Lipinski definition) is 1. The van der Waals surface area contributed by atoms with Crippen LogP contribution >= 0.6 is 0 Å². The van der Waals surface area contributed by atoms with E-state index in [-0.39, 0.29) is 0 Å². The molecule has 1 atom stereocenters. The number of aryl methyl sites for hydroxylation is 2. The minimum absolute atomic E-state index is 0.364. The van der Waals surface area contributed by atoms with Crippen molar-refractivity contribution in [2.24, 2.45) is 7.05 Å². The normalized spacial score (nSPS) is 19.8. The van der Waals surface area contributed by atoms with Crippen molar-refractivity contribution in [3.63, 3.8) is 0 Å². The molecule has 0 amide bonds. The van der Waals surface area contributed by atoms with Crippen molar-refractivity contribution in [3.05, 3.63) is 17.2 Å². The van der Waals surface area contributed by atoms with E-state index < -0.39 is 0 Å². The molecule has 19 heavy (non-hydrogen) atoms. The number of hydrogen-bond acceptors (Lipinski definition) is 5. The van der Waals surface area contributed by atoms with Gasteiger partial charge in [-0.2, -0.15) is 10.1 Å². The van der Waals surface area contributed by atoms with Crippen LogP contribution in [0, 0.1) is 13.8 Å². The van der Waals surface area contributed by atoms with Crippen LogP contribution in [-0.4, -0.2) is 33.0 Å². The van der Waals surface area contributed by atoms with Gasteiger partial charge in [-0.15, -0.1) is 0 Å². The maximum absolute atomic E-state index is 5.44. The number of piperidine rings is 1.